The Morgan fingerprint density at radius 2 is 2.08 bits per heavy atom. The lowest BCUT2D eigenvalue weighted by atomic mass is 10.4. The van der Waals surface area contributed by atoms with Crippen LogP contribution in [0.3, 0.4) is 0 Å². The fourth-order valence-electron chi connectivity index (χ4n) is 1.37. The highest BCUT2D eigenvalue weighted by molar-refractivity contribution is 9.09. The second kappa shape index (κ2) is 4.70. The van der Waals surface area contributed by atoms with E-state index < -0.39 is 0 Å². The normalized spacial score (nSPS) is 16.7. The highest BCUT2D eigenvalue weighted by Crippen LogP contribution is 2.09. The smallest absolute Gasteiger partial charge is 0.319 e. The van der Waals surface area contributed by atoms with E-state index in [2.05, 4.69) is 15.9 Å². The first-order valence-corrected chi connectivity index (χ1v) is 5.44. The van der Waals surface area contributed by atoms with Gasteiger partial charge in [-0.25, -0.2) is 4.79 Å². The molecule has 0 spiro atoms. The fraction of sp³-hybridized carbons (Fsp3) is 0.875. The minimum atomic E-state index is 0.173. The molecule has 0 saturated carbocycles. The van der Waals surface area contributed by atoms with E-state index in [0.717, 1.165) is 37.8 Å². The molecular weight excluding hydrogens is 220 g/mol. The van der Waals surface area contributed by atoms with Gasteiger partial charge in [0.2, 0.25) is 0 Å². The zero-order valence-corrected chi connectivity index (χ0v) is 9.01. The van der Waals surface area contributed by atoms with Crippen LogP contribution in [0.5, 0.6) is 0 Å². The maximum absolute atomic E-state index is 11.6. The number of nitrogens with zero attached hydrogens (tertiary/aromatic N) is 2. The number of likely N-dealkylation sites (tertiary alicyclic amines) is 1. The predicted molar refractivity (Wildman–Crippen MR) is 52.6 cm³/mol. The van der Waals surface area contributed by atoms with E-state index in [1.807, 2.05) is 11.9 Å². The summed E-state index contributed by atoms with van der Waals surface area (Å²) < 4.78 is 0. The average molecular weight is 235 g/mol. The van der Waals surface area contributed by atoms with Crippen molar-refractivity contribution in [2.24, 2.45) is 0 Å². The zero-order valence-electron chi connectivity index (χ0n) is 7.42. The third-order valence-electron chi connectivity index (χ3n) is 2.12. The second-order valence-electron chi connectivity index (χ2n) is 3.09. The summed E-state index contributed by atoms with van der Waals surface area (Å²) in [6.07, 6.45) is 2.32. The molecule has 1 heterocycles. The van der Waals surface area contributed by atoms with Crippen molar-refractivity contribution in [3.63, 3.8) is 0 Å². The highest BCUT2D eigenvalue weighted by atomic mass is 79.9. The molecule has 70 valence electrons. The first-order chi connectivity index (χ1) is 5.75. The molecule has 1 aliphatic heterocycles. The maximum atomic E-state index is 11.6. The van der Waals surface area contributed by atoms with Gasteiger partial charge in [-0.2, -0.15) is 0 Å². The van der Waals surface area contributed by atoms with Gasteiger partial charge in [-0.15, -0.1) is 0 Å². The molecule has 4 heteroatoms. The van der Waals surface area contributed by atoms with Crippen molar-refractivity contribution in [1.29, 1.82) is 0 Å². The van der Waals surface area contributed by atoms with E-state index in [0.29, 0.717) is 0 Å². The summed E-state index contributed by atoms with van der Waals surface area (Å²) in [5, 5.41) is 0.850. The van der Waals surface area contributed by atoms with Crippen molar-refractivity contribution in [2.75, 3.05) is 32.0 Å². The molecule has 0 atom stereocenters. The standard InChI is InChI=1S/C8H15BrN2O/c1-10(7-4-9)8(12)11-5-2-3-6-11/h2-7H2,1H3. The van der Waals surface area contributed by atoms with Crippen molar-refractivity contribution in [1.82, 2.24) is 9.80 Å². The SMILES string of the molecule is CN(CCBr)C(=O)N1CCCC1. The summed E-state index contributed by atoms with van der Waals surface area (Å²) in [5.41, 5.74) is 0. The number of carbonyl (C=O) groups excluding carboxylic acids is 1. The predicted octanol–water partition coefficient (Wildman–Crippen LogP) is 1.53. The van der Waals surface area contributed by atoms with Crippen molar-refractivity contribution >= 4 is 22.0 Å². The van der Waals surface area contributed by atoms with Gasteiger partial charge in [0, 0.05) is 32.0 Å². The molecule has 1 aliphatic rings. The number of hydrogen-bond donors (Lipinski definition) is 0. The minimum Gasteiger partial charge on any atom is -0.327 e. The molecule has 0 radical (unpaired) electrons. The van der Waals surface area contributed by atoms with E-state index in [1.54, 1.807) is 4.90 Å². The first kappa shape index (κ1) is 9.84. The third-order valence-corrected chi connectivity index (χ3v) is 2.48. The Morgan fingerprint density at radius 3 is 2.58 bits per heavy atom. The van der Waals surface area contributed by atoms with Crippen LogP contribution in [0, 0.1) is 0 Å². The van der Waals surface area contributed by atoms with Gasteiger partial charge in [0.05, 0.1) is 0 Å². The van der Waals surface area contributed by atoms with Crippen molar-refractivity contribution in [3.05, 3.63) is 0 Å². The van der Waals surface area contributed by atoms with Crippen molar-refractivity contribution in [2.45, 2.75) is 12.8 Å². The third kappa shape index (κ3) is 2.37. The Kier molecular flexibility index (Phi) is 3.85. The van der Waals surface area contributed by atoms with Crippen LogP contribution in [-0.2, 0) is 0 Å². The largest absolute Gasteiger partial charge is 0.327 e. The van der Waals surface area contributed by atoms with Crippen LogP contribution in [0.2, 0.25) is 0 Å². The summed E-state index contributed by atoms with van der Waals surface area (Å²) in [6, 6.07) is 0.173. The summed E-state index contributed by atoms with van der Waals surface area (Å²) >= 11 is 3.31. The summed E-state index contributed by atoms with van der Waals surface area (Å²) in [7, 11) is 1.85. The van der Waals surface area contributed by atoms with Crippen LogP contribution in [0.15, 0.2) is 0 Å². The molecule has 2 amide bonds. The summed E-state index contributed by atoms with van der Waals surface area (Å²) in [6.45, 7) is 2.66. The Labute approximate surface area is 81.8 Å². The number of rotatable bonds is 2. The Balaban J connectivity index is 2.34. The quantitative estimate of drug-likeness (QED) is 0.666. The first-order valence-electron chi connectivity index (χ1n) is 4.31. The van der Waals surface area contributed by atoms with Gasteiger partial charge in [0.15, 0.2) is 0 Å². The number of carbonyl (C=O) groups is 1. The molecule has 0 aliphatic carbocycles. The minimum absolute atomic E-state index is 0.173. The molecule has 0 aromatic rings. The van der Waals surface area contributed by atoms with Crippen LogP contribution < -0.4 is 0 Å². The van der Waals surface area contributed by atoms with Crippen LogP contribution in [-0.4, -0.2) is 47.8 Å². The molecule has 0 aromatic carbocycles. The second-order valence-corrected chi connectivity index (χ2v) is 3.88. The number of hydrogen-bond acceptors (Lipinski definition) is 1. The monoisotopic (exact) mass is 234 g/mol. The number of urea groups is 1. The van der Waals surface area contributed by atoms with Gasteiger partial charge in [-0.3, -0.25) is 0 Å². The van der Waals surface area contributed by atoms with Crippen LogP contribution >= 0.6 is 15.9 Å². The topological polar surface area (TPSA) is 23.6 Å². The van der Waals surface area contributed by atoms with Gasteiger partial charge >= 0.3 is 6.03 Å². The van der Waals surface area contributed by atoms with Crippen LogP contribution in [0.4, 0.5) is 4.79 Å². The van der Waals surface area contributed by atoms with Gasteiger partial charge in [0.1, 0.15) is 0 Å². The van der Waals surface area contributed by atoms with E-state index in [4.69, 9.17) is 0 Å². The molecule has 0 bridgehead atoms. The van der Waals surface area contributed by atoms with Crippen LogP contribution in [0.25, 0.3) is 0 Å². The molecule has 1 rings (SSSR count). The fourth-order valence-corrected chi connectivity index (χ4v) is 1.90. The average Bonchev–Trinajstić information content (AvgIpc) is 2.55. The molecule has 12 heavy (non-hydrogen) atoms. The van der Waals surface area contributed by atoms with E-state index in [9.17, 15) is 4.79 Å². The Morgan fingerprint density at radius 1 is 1.50 bits per heavy atom. The molecule has 3 nitrogen and oxygen atoms in total. The number of amides is 2. The van der Waals surface area contributed by atoms with Crippen LogP contribution in [0.1, 0.15) is 12.8 Å². The summed E-state index contributed by atoms with van der Waals surface area (Å²) in [5.74, 6) is 0. The lowest BCUT2D eigenvalue weighted by Gasteiger charge is -2.23. The molecular formula is C8H15BrN2O. The van der Waals surface area contributed by atoms with Crippen molar-refractivity contribution in [3.8, 4) is 0 Å². The lowest BCUT2D eigenvalue weighted by Crippen LogP contribution is -2.40. The number of alkyl halides is 1. The van der Waals surface area contributed by atoms with Gasteiger partial charge in [0.25, 0.3) is 0 Å². The molecule has 0 aromatic heterocycles. The molecule has 0 N–H and O–H groups in total. The van der Waals surface area contributed by atoms with Gasteiger partial charge in [-0.05, 0) is 12.8 Å². The number of halogens is 1. The molecule has 1 fully saturated rings. The van der Waals surface area contributed by atoms with E-state index in [1.165, 1.54) is 0 Å². The molecule has 1 saturated heterocycles. The lowest BCUT2D eigenvalue weighted by molar-refractivity contribution is 0.176. The van der Waals surface area contributed by atoms with Gasteiger partial charge in [-0.1, -0.05) is 15.9 Å². The highest BCUT2D eigenvalue weighted by Gasteiger charge is 2.20. The zero-order chi connectivity index (χ0) is 8.97. The Bertz CT molecular complexity index is 157. The summed E-state index contributed by atoms with van der Waals surface area (Å²) in [4.78, 5) is 15.2. The van der Waals surface area contributed by atoms with Gasteiger partial charge < -0.3 is 9.80 Å². The maximum Gasteiger partial charge on any atom is 0.319 e. The Hall–Kier alpha value is -0.250. The van der Waals surface area contributed by atoms with E-state index in [-0.39, 0.29) is 6.03 Å². The van der Waals surface area contributed by atoms with Crippen molar-refractivity contribution < 1.29 is 4.79 Å². The van der Waals surface area contributed by atoms with E-state index >= 15 is 0 Å². The molecule has 0 unspecified atom stereocenters.